The standard InChI is InChI=1S/C35H49N5O3/c1-25-31-13-6-7-14-32(31)40(20-9-21-43-2)34(25)27-10-8-19-39(24-27)33(41)23-28(36)22-26-15-17-30(18-16-26)38-35(42)37-29-11-4-3-5-12-29/h6-7,13-18,27-29H,3-5,8-12,19-24,36H2,1-2H3,(H2,37,38,42). The number of urea groups is 1. The van der Waals surface area contributed by atoms with Gasteiger partial charge >= 0.3 is 6.03 Å². The molecule has 3 amide bonds. The molecule has 43 heavy (non-hydrogen) atoms. The number of likely N-dealkylation sites (tertiary alicyclic amines) is 1. The lowest BCUT2D eigenvalue weighted by Crippen LogP contribution is -2.42. The van der Waals surface area contributed by atoms with Gasteiger partial charge in [0, 0.05) is 80.1 Å². The highest BCUT2D eigenvalue weighted by Crippen LogP contribution is 2.36. The molecule has 8 heteroatoms. The maximum Gasteiger partial charge on any atom is 0.319 e. The van der Waals surface area contributed by atoms with E-state index in [1.54, 1.807) is 7.11 Å². The molecule has 0 bridgehead atoms. The van der Waals surface area contributed by atoms with E-state index in [-0.39, 0.29) is 24.0 Å². The van der Waals surface area contributed by atoms with Crippen LogP contribution in [0.25, 0.3) is 10.9 Å². The lowest BCUT2D eigenvalue weighted by molar-refractivity contribution is -0.132. The van der Waals surface area contributed by atoms with Crippen molar-refractivity contribution in [1.82, 2.24) is 14.8 Å². The molecule has 232 valence electrons. The number of piperidine rings is 1. The van der Waals surface area contributed by atoms with Crippen LogP contribution in [0.5, 0.6) is 0 Å². The highest BCUT2D eigenvalue weighted by atomic mass is 16.5. The maximum absolute atomic E-state index is 13.4. The Morgan fingerprint density at radius 3 is 2.56 bits per heavy atom. The van der Waals surface area contributed by atoms with Crippen molar-refractivity contribution >= 4 is 28.5 Å². The van der Waals surface area contributed by atoms with Gasteiger partial charge in [-0.3, -0.25) is 4.79 Å². The topological polar surface area (TPSA) is 102 Å². The maximum atomic E-state index is 13.4. The summed E-state index contributed by atoms with van der Waals surface area (Å²) in [5, 5.41) is 7.33. The summed E-state index contributed by atoms with van der Waals surface area (Å²) in [7, 11) is 1.75. The summed E-state index contributed by atoms with van der Waals surface area (Å²) in [5.74, 6) is 0.439. The molecular weight excluding hydrogens is 538 g/mol. The number of benzene rings is 2. The number of amides is 3. The average molecular weight is 588 g/mol. The number of fused-ring (bicyclic) bond motifs is 1. The first-order valence-electron chi connectivity index (χ1n) is 16.2. The van der Waals surface area contributed by atoms with E-state index in [0.29, 0.717) is 18.8 Å². The van der Waals surface area contributed by atoms with Crippen molar-refractivity contribution in [2.24, 2.45) is 5.73 Å². The number of hydrogen-bond donors (Lipinski definition) is 3. The fourth-order valence-corrected chi connectivity index (χ4v) is 7.11. The van der Waals surface area contributed by atoms with Crippen molar-refractivity contribution in [3.8, 4) is 0 Å². The van der Waals surface area contributed by atoms with Crippen molar-refractivity contribution in [1.29, 1.82) is 0 Å². The minimum Gasteiger partial charge on any atom is -0.385 e. The number of hydrogen-bond acceptors (Lipinski definition) is 4. The van der Waals surface area contributed by atoms with Crippen LogP contribution >= 0.6 is 0 Å². The van der Waals surface area contributed by atoms with Gasteiger partial charge in [-0.1, -0.05) is 49.6 Å². The third kappa shape index (κ3) is 7.98. The largest absolute Gasteiger partial charge is 0.385 e. The number of anilines is 1. The molecular formula is C35H49N5O3. The molecule has 0 radical (unpaired) electrons. The number of para-hydroxylation sites is 1. The number of nitrogens with two attached hydrogens (primary N) is 1. The molecule has 1 saturated heterocycles. The van der Waals surface area contributed by atoms with Crippen molar-refractivity contribution in [3.63, 3.8) is 0 Å². The molecule has 2 aromatic carbocycles. The minimum atomic E-state index is -0.261. The summed E-state index contributed by atoms with van der Waals surface area (Å²) in [6.07, 6.45) is 9.70. The number of ether oxygens (including phenoxy) is 1. The highest BCUT2D eigenvalue weighted by Gasteiger charge is 2.30. The van der Waals surface area contributed by atoms with Crippen molar-refractivity contribution < 1.29 is 14.3 Å². The number of aromatic nitrogens is 1. The van der Waals surface area contributed by atoms with Gasteiger partial charge in [-0.15, -0.1) is 0 Å². The summed E-state index contributed by atoms with van der Waals surface area (Å²) < 4.78 is 7.81. The van der Waals surface area contributed by atoms with Crippen LogP contribution in [0.1, 0.15) is 80.5 Å². The molecule has 2 atom stereocenters. The monoisotopic (exact) mass is 587 g/mol. The van der Waals surface area contributed by atoms with Crippen LogP contribution < -0.4 is 16.4 Å². The summed E-state index contributed by atoms with van der Waals surface area (Å²) >= 11 is 0. The zero-order chi connectivity index (χ0) is 30.2. The normalized spacial score (nSPS) is 18.5. The second-order valence-corrected chi connectivity index (χ2v) is 12.5. The van der Waals surface area contributed by atoms with E-state index in [2.05, 4.69) is 46.4 Å². The van der Waals surface area contributed by atoms with E-state index < -0.39 is 0 Å². The van der Waals surface area contributed by atoms with Crippen LogP contribution in [0, 0.1) is 6.92 Å². The smallest absolute Gasteiger partial charge is 0.319 e. The van der Waals surface area contributed by atoms with Gasteiger partial charge in [0.1, 0.15) is 0 Å². The summed E-state index contributed by atoms with van der Waals surface area (Å²) in [4.78, 5) is 27.8. The zero-order valence-electron chi connectivity index (χ0n) is 25.9. The molecule has 5 rings (SSSR count). The number of nitrogens with one attached hydrogen (secondary N) is 2. The number of carbonyl (C=O) groups excluding carboxylic acids is 2. The third-order valence-electron chi connectivity index (χ3n) is 9.25. The lowest BCUT2D eigenvalue weighted by Gasteiger charge is -2.34. The molecule has 4 N–H and O–H groups in total. The van der Waals surface area contributed by atoms with Crippen LogP contribution in [-0.2, 0) is 22.5 Å². The molecule has 1 aliphatic carbocycles. The first kappa shape index (κ1) is 31.1. The van der Waals surface area contributed by atoms with Gasteiger partial charge in [-0.05, 0) is 74.8 Å². The van der Waals surface area contributed by atoms with Gasteiger partial charge in [-0.25, -0.2) is 4.79 Å². The van der Waals surface area contributed by atoms with E-state index in [0.717, 1.165) is 69.6 Å². The van der Waals surface area contributed by atoms with E-state index in [1.807, 2.05) is 29.2 Å². The van der Waals surface area contributed by atoms with Crippen molar-refractivity contribution in [3.05, 3.63) is 65.4 Å². The van der Waals surface area contributed by atoms with Gasteiger partial charge in [-0.2, -0.15) is 0 Å². The Kier molecular flexibility index (Phi) is 10.8. The number of rotatable bonds is 11. The first-order valence-corrected chi connectivity index (χ1v) is 16.2. The first-order chi connectivity index (χ1) is 20.9. The molecule has 1 aliphatic heterocycles. The Morgan fingerprint density at radius 2 is 1.79 bits per heavy atom. The van der Waals surface area contributed by atoms with Crippen LogP contribution in [0.15, 0.2) is 48.5 Å². The van der Waals surface area contributed by atoms with Crippen LogP contribution in [0.3, 0.4) is 0 Å². The van der Waals surface area contributed by atoms with Gasteiger partial charge in [0.2, 0.25) is 5.91 Å². The highest BCUT2D eigenvalue weighted by molar-refractivity contribution is 5.89. The van der Waals surface area contributed by atoms with Gasteiger partial charge in [0.15, 0.2) is 0 Å². The second-order valence-electron chi connectivity index (χ2n) is 12.5. The van der Waals surface area contributed by atoms with Crippen LogP contribution in [0.2, 0.25) is 0 Å². The van der Waals surface area contributed by atoms with E-state index in [4.69, 9.17) is 10.5 Å². The lowest BCUT2D eigenvalue weighted by atomic mass is 9.91. The van der Waals surface area contributed by atoms with Gasteiger partial charge in [0.25, 0.3) is 0 Å². The third-order valence-corrected chi connectivity index (χ3v) is 9.25. The molecule has 8 nitrogen and oxygen atoms in total. The molecule has 2 heterocycles. The molecule has 2 aliphatic rings. The van der Waals surface area contributed by atoms with Gasteiger partial charge < -0.3 is 30.6 Å². The number of nitrogens with zero attached hydrogens (tertiary/aromatic N) is 2. The Labute approximate surface area is 256 Å². The molecule has 2 fully saturated rings. The van der Waals surface area contributed by atoms with Gasteiger partial charge in [0.05, 0.1) is 0 Å². The predicted molar refractivity (Wildman–Crippen MR) is 173 cm³/mol. The quantitative estimate of drug-likeness (QED) is 0.236. The minimum absolute atomic E-state index is 0.134. The summed E-state index contributed by atoms with van der Waals surface area (Å²) in [6, 6.07) is 16.3. The zero-order valence-corrected chi connectivity index (χ0v) is 25.9. The van der Waals surface area contributed by atoms with E-state index in [1.165, 1.54) is 41.4 Å². The SMILES string of the molecule is COCCCn1c(C2CCCN(C(=O)CC(N)Cc3ccc(NC(=O)NC4CCCCC4)cc3)C2)c(C)c2ccccc21. The second kappa shape index (κ2) is 14.9. The molecule has 1 aromatic heterocycles. The fraction of sp³-hybridized carbons (Fsp3) is 0.543. The molecule has 1 saturated carbocycles. The van der Waals surface area contributed by atoms with Crippen molar-refractivity contribution in [2.75, 3.05) is 32.1 Å². The summed E-state index contributed by atoms with van der Waals surface area (Å²) in [5.41, 5.74) is 12.3. The number of carbonyl (C=O) groups is 2. The van der Waals surface area contributed by atoms with Crippen molar-refractivity contribution in [2.45, 2.75) is 95.7 Å². The fourth-order valence-electron chi connectivity index (χ4n) is 7.11. The summed E-state index contributed by atoms with van der Waals surface area (Å²) in [6.45, 7) is 5.38. The molecule has 0 spiro atoms. The molecule has 3 aromatic rings. The Morgan fingerprint density at radius 1 is 1.02 bits per heavy atom. The Bertz CT molecular complexity index is 1360. The van der Waals surface area contributed by atoms with Crippen LogP contribution in [-0.4, -0.2) is 60.3 Å². The van der Waals surface area contributed by atoms with Crippen LogP contribution in [0.4, 0.5) is 10.5 Å². The number of methoxy groups -OCH3 is 1. The Balaban J connectivity index is 1.15. The molecule has 2 unspecified atom stereocenters. The number of aryl methyl sites for hydroxylation is 2. The Hall–Kier alpha value is -3.36. The average Bonchev–Trinajstić information content (AvgIpc) is 3.30. The van der Waals surface area contributed by atoms with E-state index >= 15 is 0 Å². The van der Waals surface area contributed by atoms with E-state index in [9.17, 15) is 9.59 Å². The predicted octanol–water partition coefficient (Wildman–Crippen LogP) is 6.11.